The van der Waals surface area contributed by atoms with Gasteiger partial charge in [-0.25, -0.2) is 9.37 Å². The lowest BCUT2D eigenvalue weighted by Gasteiger charge is -2.13. The van der Waals surface area contributed by atoms with E-state index in [1.165, 1.54) is 0 Å². The van der Waals surface area contributed by atoms with Crippen LogP contribution in [0.5, 0.6) is 0 Å². The van der Waals surface area contributed by atoms with Crippen molar-refractivity contribution in [3.05, 3.63) is 106 Å². The highest BCUT2D eigenvalue weighted by Gasteiger charge is 2.32. The van der Waals surface area contributed by atoms with E-state index in [9.17, 15) is 27.2 Å². The van der Waals surface area contributed by atoms with Crippen LogP contribution in [0.2, 0.25) is 0 Å². The van der Waals surface area contributed by atoms with Gasteiger partial charge in [-0.2, -0.15) is 13.2 Å². The first-order valence-electron chi connectivity index (χ1n) is 10.6. The summed E-state index contributed by atoms with van der Waals surface area (Å²) in [7, 11) is 0. The van der Waals surface area contributed by atoms with E-state index in [0.717, 1.165) is 16.8 Å². The number of nitrogens with one attached hydrogen (secondary N) is 3. The third kappa shape index (κ3) is 4.48. The molecule has 0 fully saturated rings. The van der Waals surface area contributed by atoms with Crippen molar-refractivity contribution in [2.75, 3.05) is 10.6 Å². The Morgan fingerprint density at radius 2 is 1.58 bits per heavy atom. The molecule has 0 aliphatic rings. The number of aromatic nitrogens is 2. The predicted octanol–water partition coefficient (Wildman–Crippen LogP) is 6.23. The number of nitrogens with zero attached hydrogens (tertiary/aromatic N) is 1. The first-order chi connectivity index (χ1) is 17.2. The van der Waals surface area contributed by atoms with Crippen molar-refractivity contribution in [2.45, 2.75) is 6.18 Å². The van der Waals surface area contributed by atoms with Gasteiger partial charge in [0.25, 0.3) is 11.5 Å². The molecule has 5 aromatic rings. The quantitative estimate of drug-likeness (QED) is 0.205. The van der Waals surface area contributed by atoms with E-state index in [1.54, 1.807) is 48.7 Å². The van der Waals surface area contributed by atoms with Gasteiger partial charge in [-0.15, -0.1) is 0 Å². The number of carbonyl (C=O) groups is 1. The maximum atomic E-state index is 13.6. The molecule has 0 atom stereocenters. The molecule has 2 heterocycles. The van der Waals surface area contributed by atoms with Gasteiger partial charge in [0.2, 0.25) is 0 Å². The van der Waals surface area contributed by atoms with E-state index in [1.807, 2.05) is 12.1 Å². The first-order valence-corrected chi connectivity index (χ1v) is 10.6. The largest absolute Gasteiger partial charge is 0.416 e. The number of amides is 1. The second-order valence-electron chi connectivity index (χ2n) is 7.96. The van der Waals surface area contributed by atoms with Gasteiger partial charge in [0, 0.05) is 39.3 Å². The highest BCUT2D eigenvalue weighted by molar-refractivity contribution is 6.11. The fourth-order valence-electron chi connectivity index (χ4n) is 3.89. The Kier molecular flexibility index (Phi) is 5.63. The van der Waals surface area contributed by atoms with E-state index in [-0.39, 0.29) is 5.56 Å². The van der Waals surface area contributed by atoms with Gasteiger partial charge < -0.3 is 15.6 Å². The third-order valence-corrected chi connectivity index (χ3v) is 5.53. The summed E-state index contributed by atoms with van der Waals surface area (Å²) in [5, 5.41) is 7.68. The SMILES string of the molecule is O=C(Nc1ccc(Nc2ccnc3[nH]c(=O)c4ccccc4c23)cc1)c1cc(F)cc(C(F)(F)F)c1. The Balaban J connectivity index is 1.40. The van der Waals surface area contributed by atoms with Crippen molar-refractivity contribution in [1.82, 2.24) is 9.97 Å². The Hall–Kier alpha value is -4.73. The summed E-state index contributed by atoms with van der Waals surface area (Å²) in [4.78, 5) is 31.8. The fraction of sp³-hybridized carbons (Fsp3) is 0.0385. The molecule has 0 saturated heterocycles. The van der Waals surface area contributed by atoms with E-state index >= 15 is 0 Å². The molecule has 0 aliphatic heterocycles. The maximum absolute atomic E-state index is 13.6. The topological polar surface area (TPSA) is 86.9 Å². The van der Waals surface area contributed by atoms with Crippen LogP contribution in [0.25, 0.3) is 21.8 Å². The second-order valence-corrected chi connectivity index (χ2v) is 7.96. The van der Waals surface area contributed by atoms with Gasteiger partial charge in [-0.3, -0.25) is 9.59 Å². The number of carbonyl (C=O) groups excluding carboxylic acids is 1. The molecule has 1 amide bonds. The average Bonchev–Trinajstić information content (AvgIpc) is 2.84. The summed E-state index contributed by atoms with van der Waals surface area (Å²) in [6.45, 7) is 0. The number of H-pyrrole nitrogens is 1. The molecule has 2 aromatic heterocycles. The van der Waals surface area contributed by atoms with Crippen LogP contribution < -0.4 is 16.2 Å². The first kappa shape index (κ1) is 23.0. The average molecular weight is 492 g/mol. The van der Waals surface area contributed by atoms with Crippen molar-refractivity contribution in [3.63, 3.8) is 0 Å². The number of benzene rings is 3. The second kappa shape index (κ2) is 8.81. The van der Waals surface area contributed by atoms with E-state index < -0.39 is 29.0 Å². The van der Waals surface area contributed by atoms with Gasteiger partial charge in [0.15, 0.2) is 0 Å². The molecule has 0 bridgehead atoms. The number of hydrogen-bond acceptors (Lipinski definition) is 4. The predicted molar refractivity (Wildman–Crippen MR) is 129 cm³/mol. The lowest BCUT2D eigenvalue weighted by molar-refractivity contribution is -0.137. The molecule has 0 aliphatic carbocycles. The summed E-state index contributed by atoms with van der Waals surface area (Å²) in [5.74, 6) is -2.04. The van der Waals surface area contributed by atoms with Gasteiger partial charge in [-0.1, -0.05) is 18.2 Å². The number of anilines is 3. The third-order valence-electron chi connectivity index (χ3n) is 5.53. The van der Waals surface area contributed by atoms with Crippen LogP contribution in [0.1, 0.15) is 15.9 Å². The standard InChI is InChI=1S/C26H16F4N4O2/c27-16-12-14(11-15(13-16)26(28,29)30)24(35)33-18-7-5-17(6-8-18)32-21-9-10-31-23-22(21)19-3-1-2-4-20(19)25(36)34-23/h1-13H,(H,33,35)(H2,31,32,34,36). The van der Waals surface area contributed by atoms with Crippen LogP contribution in [0.4, 0.5) is 34.6 Å². The number of aromatic amines is 1. The summed E-state index contributed by atoms with van der Waals surface area (Å²) in [6.07, 6.45) is -3.22. The molecule has 0 spiro atoms. The molecular weight excluding hydrogens is 476 g/mol. The van der Waals surface area contributed by atoms with Crippen LogP contribution in [-0.4, -0.2) is 15.9 Å². The number of pyridine rings is 2. The number of halogens is 4. The molecule has 5 rings (SSSR count). The molecule has 3 aromatic carbocycles. The lowest BCUT2D eigenvalue weighted by atomic mass is 10.1. The van der Waals surface area contributed by atoms with Crippen LogP contribution in [-0.2, 0) is 6.18 Å². The number of rotatable bonds is 4. The van der Waals surface area contributed by atoms with Crippen molar-refractivity contribution >= 4 is 44.8 Å². The monoisotopic (exact) mass is 492 g/mol. The van der Waals surface area contributed by atoms with Crippen molar-refractivity contribution in [2.24, 2.45) is 0 Å². The molecule has 0 unspecified atom stereocenters. The van der Waals surface area contributed by atoms with Crippen molar-refractivity contribution in [3.8, 4) is 0 Å². The summed E-state index contributed by atoms with van der Waals surface area (Å²) >= 11 is 0. The van der Waals surface area contributed by atoms with Crippen LogP contribution >= 0.6 is 0 Å². The maximum Gasteiger partial charge on any atom is 0.416 e. The molecule has 10 heteroatoms. The van der Waals surface area contributed by atoms with Crippen LogP contribution in [0.3, 0.4) is 0 Å². The molecular formula is C26H16F4N4O2. The Labute approximate surface area is 200 Å². The zero-order valence-electron chi connectivity index (χ0n) is 18.3. The zero-order valence-corrected chi connectivity index (χ0v) is 18.3. The summed E-state index contributed by atoms with van der Waals surface area (Å²) in [6, 6.07) is 17.0. The Bertz CT molecular complexity index is 1680. The van der Waals surface area contributed by atoms with E-state index in [0.29, 0.717) is 40.2 Å². The van der Waals surface area contributed by atoms with E-state index in [4.69, 9.17) is 0 Å². The van der Waals surface area contributed by atoms with Crippen LogP contribution in [0.15, 0.2) is 83.8 Å². The minimum Gasteiger partial charge on any atom is -0.355 e. The Morgan fingerprint density at radius 3 is 2.31 bits per heavy atom. The highest BCUT2D eigenvalue weighted by atomic mass is 19.4. The lowest BCUT2D eigenvalue weighted by Crippen LogP contribution is -2.14. The van der Waals surface area contributed by atoms with E-state index in [2.05, 4.69) is 20.6 Å². The zero-order chi connectivity index (χ0) is 25.4. The molecule has 6 nitrogen and oxygen atoms in total. The van der Waals surface area contributed by atoms with Crippen LogP contribution in [0, 0.1) is 5.82 Å². The van der Waals surface area contributed by atoms with Crippen molar-refractivity contribution in [1.29, 1.82) is 0 Å². The number of alkyl halides is 3. The van der Waals surface area contributed by atoms with Gasteiger partial charge in [-0.05, 0) is 54.6 Å². The van der Waals surface area contributed by atoms with Gasteiger partial charge >= 0.3 is 6.18 Å². The van der Waals surface area contributed by atoms with Gasteiger partial charge in [0.05, 0.1) is 11.3 Å². The summed E-state index contributed by atoms with van der Waals surface area (Å²) in [5.41, 5.74) is 0.103. The van der Waals surface area contributed by atoms with Crippen molar-refractivity contribution < 1.29 is 22.4 Å². The number of fused-ring (bicyclic) bond motifs is 3. The smallest absolute Gasteiger partial charge is 0.355 e. The molecule has 0 saturated carbocycles. The minimum absolute atomic E-state index is 0.247. The Morgan fingerprint density at radius 1 is 0.889 bits per heavy atom. The highest BCUT2D eigenvalue weighted by Crippen LogP contribution is 2.31. The number of hydrogen-bond donors (Lipinski definition) is 3. The normalized spacial score (nSPS) is 11.6. The molecule has 36 heavy (non-hydrogen) atoms. The molecule has 180 valence electrons. The summed E-state index contributed by atoms with van der Waals surface area (Å²) < 4.78 is 52.5. The molecule has 3 N–H and O–H groups in total. The molecule has 0 radical (unpaired) electrons. The fourth-order valence-corrected chi connectivity index (χ4v) is 3.89. The minimum atomic E-state index is -4.78. The van der Waals surface area contributed by atoms with Gasteiger partial charge in [0.1, 0.15) is 11.5 Å².